The minimum Gasteiger partial charge on any atom is -0.338 e. The third-order valence-electron chi connectivity index (χ3n) is 3.61. The van der Waals surface area contributed by atoms with Crippen LogP contribution >= 0.6 is 0 Å². The summed E-state index contributed by atoms with van der Waals surface area (Å²) in [7, 11) is 0. The number of hydrogen-bond acceptors (Lipinski definition) is 2. The van der Waals surface area contributed by atoms with E-state index in [1.807, 2.05) is 36.7 Å². The number of anilines is 1. The number of unbranched alkanes of at least 4 members (excludes halogenated alkanes) is 1. The van der Waals surface area contributed by atoms with Crippen molar-refractivity contribution in [3.63, 3.8) is 0 Å². The number of carbonyl (C=O) groups excluding carboxylic acids is 1. The molecule has 5 heteroatoms. The van der Waals surface area contributed by atoms with Gasteiger partial charge in [-0.2, -0.15) is 5.10 Å². The third-order valence-corrected chi connectivity index (χ3v) is 3.61. The summed E-state index contributed by atoms with van der Waals surface area (Å²) in [5, 5.41) is 10.3. The quantitative estimate of drug-likeness (QED) is 0.803. The van der Waals surface area contributed by atoms with E-state index >= 15 is 0 Å². The zero-order chi connectivity index (χ0) is 15.9. The van der Waals surface area contributed by atoms with Crippen molar-refractivity contribution in [1.82, 2.24) is 15.1 Å². The fourth-order valence-electron chi connectivity index (χ4n) is 2.32. The van der Waals surface area contributed by atoms with E-state index in [2.05, 4.69) is 34.8 Å². The fraction of sp³-hybridized carbons (Fsp3) is 0.412. The molecular formula is C17H24N4O. The maximum Gasteiger partial charge on any atom is 0.319 e. The third kappa shape index (κ3) is 4.10. The van der Waals surface area contributed by atoms with Crippen LogP contribution in [0.4, 0.5) is 10.5 Å². The van der Waals surface area contributed by atoms with Gasteiger partial charge in [0.05, 0.1) is 23.6 Å². The van der Waals surface area contributed by atoms with Crippen LogP contribution in [0, 0.1) is 13.8 Å². The maximum absolute atomic E-state index is 11.9. The predicted molar refractivity (Wildman–Crippen MR) is 89.2 cm³/mol. The summed E-state index contributed by atoms with van der Waals surface area (Å²) in [4.78, 5) is 11.9. The van der Waals surface area contributed by atoms with Gasteiger partial charge in [0.15, 0.2) is 0 Å². The Bertz CT molecular complexity index is 619. The average molecular weight is 300 g/mol. The molecule has 0 aliphatic carbocycles. The lowest BCUT2D eigenvalue weighted by molar-refractivity contribution is 0.252. The summed E-state index contributed by atoms with van der Waals surface area (Å²) >= 11 is 0. The molecule has 1 aromatic carbocycles. The van der Waals surface area contributed by atoms with E-state index in [-0.39, 0.29) is 6.03 Å². The highest BCUT2D eigenvalue weighted by atomic mass is 16.2. The number of nitrogens with zero attached hydrogens (tertiary/aromatic N) is 2. The van der Waals surface area contributed by atoms with Crippen LogP contribution in [0.2, 0.25) is 0 Å². The van der Waals surface area contributed by atoms with Crippen molar-refractivity contribution in [3.8, 4) is 0 Å². The maximum atomic E-state index is 11.9. The van der Waals surface area contributed by atoms with E-state index < -0.39 is 0 Å². The molecular weight excluding hydrogens is 276 g/mol. The summed E-state index contributed by atoms with van der Waals surface area (Å²) in [6.45, 7) is 7.38. The summed E-state index contributed by atoms with van der Waals surface area (Å²) in [5.74, 6) is 0. The van der Waals surface area contributed by atoms with Gasteiger partial charge >= 0.3 is 6.03 Å². The van der Waals surface area contributed by atoms with E-state index in [1.165, 1.54) is 5.56 Å². The molecule has 0 bridgehead atoms. The summed E-state index contributed by atoms with van der Waals surface area (Å²) < 4.78 is 1.92. The minimum absolute atomic E-state index is 0.168. The lowest BCUT2D eigenvalue weighted by atomic mass is 10.2. The van der Waals surface area contributed by atoms with Gasteiger partial charge in [-0.05, 0) is 25.8 Å². The van der Waals surface area contributed by atoms with Gasteiger partial charge in [0, 0.05) is 6.54 Å². The largest absolute Gasteiger partial charge is 0.338 e. The normalized spacial score (nSPS) is 10.5. The smallest absolute Gasteiger partial charge is 0.319 e. The first-order valence-electron chi connectivity index (χ1n) is 7.74. The van der Waals surface area contributed by atoms with E-state index in [0.29, 0.717) is 13.1 Å². The molecule has 1 heterocycles. The van der Waals surface area contributed by atoms with Gasteiger partial charge in [-0.25, -0.2) is 4.79 Å². The predicted octanol–water partition coefficient (Wildman–Crippen LogP) is 3.47. The van der Waals surface area contributed by atoms with Crippen LogP contribution in [0.5, 0.6) is 0 Å². The van der Waals surface area contributed by atoms with Gasteiger partial charge in [0.2, 0.25) is 0 Å². The van der Waals surface area contributed by atoms with Crippen molar-refractivity contribution in [3.05, 3.63) is 47.3 Å². The number of benzene rings is 1. The molecule has 0 saturated heterocycles. The van der Waals surface area contributed by atoms with Gasteiger partial charge < -0.3 is 10.6 Å². The zero-order valence-corrected chi connectivity index (χ0v) is 13.5. The minimum atomic E-state index is -0.168. The molecule has 0 spiro atoms. The molecule has 0 saturated carbocycles. The van der Waals surface area contributed by atoms with Crippen LogP contribution < -0.4 is 10.6 Å². The van der Waals surface area contributed by atoms with Crippen LogP contribution in [-0.2, 0) is 6.54 Å². The lowest BCUT2D eigenvalue weighted by Crippen LogP contribution is -2.29. The van der Waals surface area contributed by atoms with E-state index in [4.69, 9.17) is 0 Å². The Balaban J connectivity index is 2.05. The number of urea groups is 1. The van der Waals surface area contributed by atoms with Crippen LogP contribution in [0.15, 0.2) is 30.3 Å². The van der Waals surface area contributed by atoms with Crippen LogP contribution in [0.3, 0.4) is 0 Å². The lowest BCUT2D eigenvalue weighted by Gasteiger charge is -2.08. The molecule has 0 fully saturated rings. The highest BCUT2D eigenvalue weighted by molar-refractivity contribution is 5.90. The van der Waals surface area contributed by atoms with Gasteiger partial charge in [0.1, 0.15) is 0 Å². The molecule has 2 rings (SSSR count). The average Bonchev–Trinajstić information content (AvgIpc) is 2.76. The van der Waals surface area contributed by atoms with Crippen LogP contribution in [-0.4, -0.2) is 22.4 Å². The number of aromatic nitrogens is 2. The monoisotopic (exact) mass is 300 g/mol. The van der Waals surface area contributed by atoms with Crippen molar-refractivity contribution in [2.75, 3.05) is 11.9 Å². The number of aryl methyl sites for hydroxylation is 1. The molecule has 5 nitrogen and oxygen atoms in total. The number of amides is 2. The summed E-state index contributed by atoms with van der Waals surface area (Å²) in [5.41, 5.74) is 3.78. The highest BCUT2D eigenvalue weighted by Crippen LogP contribution is 2.20. The Kier molecular flexibility index (Phi) is 5.58. The van der Waals surface area contributed by atoms with Crippen molar-refractivity contribution < 1.29 is 4.79 Å². The molecule has 0 unspecified atom stereocenters. The molecule has 1 aromatic heterocycles. The summed E-state index contributed by atoms with van der Waals surface area (Å²) in [6.07, 6.45) is 2.05. The number of carbonyl (C=O) groups is 1. The van der Waals surface area contributed by atoms with E-state index in [0.717, 1.165) is 29.9 Å². The molecule has 0 aliphatic heterocycles. The topological polar surface area (TPSA) is 59.0 Å². The highest BCUT2D eigenvalue weighted by Gasteiger charge is 2.14. The molecule has 0 atom stereocenters. The molecule has 2 N–H and O–H groups in total. The van der Waals surface area contributed by atoms with E-state index in [9.17, 15) is 4.79 Å². The van der Waals surface area contributed by atoms with Gasteiger partial charge in [-0.15, -0.1) is 0 Å². The molecule has 2 aromatic rings. The van der Waals surface area contributed by atoms with Gasteiger partial charge in [-0.3, -0.25) is 4.68 Å². The Morgan fingerprint density at radius 1 is 1.23 bits per heavy atom. The second-order valence-corrected chi connectivity index (χ2v) is 5.42. The Labute approximate surface area is 131 Å². The molecule has 0 radical (unpaired) electrons. The molecule has 0 aliphatic rings. The van der Waals surface area contributed by atoms with Crippen LogP contribution in [0.25, 0.3) is 0 Å². The molecule has 118 valence electrons. The van der Waals surface area contributed by atoms with Crippen molar-refractivity contribution in [1.29, 1.82) is 0 Å². The summed E-state index contributed by atoms with van der Waals surface area (Å²) in [6, 6.07) is 10.0. The molecule has 2 amide bonds. The second-order valence-electron chi connectivity index (χ2n) is 5.42. The Morgan fingerprint density at radius 2 is 1.95 bits per heavy atom. The van der Waals surface area contributed by atoms with Gasteiger partial charge in [-0.1, -0.05) is 43.7 Å². The fourth-order valence-corrected chi connectivity index (χ4v) is 2.32. The number of hydrogen-bond donors (Lipinski definition) is 2. The second kappa shape index (κ2) is 7.64. The van der Waals surface area contributed by atoms with Gasteiger partial charge in [0.25, 0.3) is 0 Å². The van der Waals surface area contributed by atoms with Crippen LogP contribution in [0.1, 0.15) is 36.7 Å². The number of nitrogens with one attached hydrogen (secondary N) is 2. The number of rotatable bonds is 6. The first-order valence-corrected chi connectivity index (χ1v) is 7.74. The first-order chi connectivity index (χ1) is 10.6. The zero-order valence-electron chi connectivity index (χ0n) is 13.5. The Morgan fingerprint density at radius 3 is 2.64 bits per heavy atom. The molecule has 22 heavy (non-hydrogen) atoms. The van der Waals surface area contributed by atoms with Crippen molar-refractivity contribution in [2.45, 2.75) is 40.2 Å². The SMILES string of the molecule is CCCCNC(=O)Nc1c(C)nn(Cc2ccccc2)c1C. The van der Waals surface area contributed by atoms with E-state index in [1.54, 1.807) is 0 Å². The Hall–Kier alpha value is -2.30. The first kappa shape index (κ1) is 16.1. The van der Waals surface area contributed by atoms with Crippen molar-refractivity contribution >= 4 is 11.7 Å². The van der Waals surface area contributed by atoms with Crippen molar-refractivity contribution in [2.24, 2.45) is 0 Å². The standard InChI is InChI=1S/C17H24N4O/c1-4-5-11-18-17(22)19-16-13(2)20-21(14(16)3)12-15-9-7-6-8-10-15/h6-10H,4-5,11-12H2,1-3H3,(H2,18,19,22).